The molecule has 0 aliphatic heterocycles. The highest BCUT2D eigenvalue weighted by Crippen LogP contribution is 2.28. The molecule has 25 heavy (non-hydrogen) atoms. The Morgan fingerprint density at radius 2 is 2.12 bits per heavy atom. The number of amides is 1. The number of pyridine rings is 1. The summed E-state index contributed by atoms with van der Waals surface area (Å²) in [5, 5.41) is 2.54. The smallest absolute Gasteiger partial charge is 0.289 e. The van der Waals surface area contributed by atoms with Crippen LogP contribution in [0.4, 0.5) is 13.2 Å². The van der Waals surface area contributed by atoms with Crippen LogP contribution in [0.5, 0.6) is 5.88 Å². The van der Waals surface area contributed by atoms with Crippen LogP contribution in [0.1, 0.15) is 41.4 Å². The van der Waals surface area contributed by atoms with Crippen LogP contribution in [-0.4, -0.2) is 27.0 Å². The summed E-state index contributed by atoms with van der Waals surface area (Å²) in [6.07, 6.45) is 5.79. The maximum atomic E-state index is 13.7. The Labute approximate surface area is 141 Å². The molecule has 2 heterocycles. The minimum atomic E-state index is -3.42. The number of halogens is 3. The van der Waals surface area contributed by atoms with E-state index in [1.807, 2.05) is 0 Å². The minimum absolute atomic E-state index is 0.0506. The topological polar surface area (TPSA) is 77.0 Å². The number of hydrogen-bond donors (Lipinski definition) is 1. The number of aromatic nitrogens is 3. The lowest BCUT2D eigenvalue weighted by Crippen LogP contribution is -2.24. The number of nitrogens with zero attached hydrogens (tertiary/aromatic N) is 3. The van der Waals surface area contributed by atoms with Gasteiger partial charge >= 0.3 is 0 Å². The van der Waals surface area contributed by atoms with Gasteiger partial charge in [0.25, 0.3) is 11.8 Å². The fourth-order valence-corrected chi connectivity index (χ4v) is 2.08. The van der Waals surface area contributed by atoms with Gasteiger partial charge in [-0.25, -0.2) is 14.4 Å². The molecule has 1 amide bonds. The van der Waals surface area contributed by atoms with E-state index in [0.717, 1.165) is 25.1 Å². The Morgan fingerprint density at radius 3 is 2.76 bits per heavy atom. The summed E-state index contributed by atoms with van der Waals surface area (Å²) < 4.78 is 45.6. The van der Waals surface area contributed by atoms with Gasteiger partial charge in [-0.05, 0) is 18.9 Å². The third-order valence-electron chi connectivity index (χ3n) is 3.51. The van der Waals surface area contributed by atoms with Crippen molar-refractivity contribution in [2.24, 2.45) is 0 Å². The first kappa shape index (κ1) is 17.1. The van der Waals surface area contributed by atoms with E-state index in [4.69, 9.17) is 4.74 Å². The summed E-state index contributed by atoms with van der Waals surface area (Å²) in [5.74, 6) is -4.93. The Kier molecular flexibility index (Phi) is 4.56. The molecular formula is C16H15F3N4O2. The molecule has 3 rings (SSSR count). The zero-order chi connectivity index (χ0) is 18.0. The van der Waals surface area contributed by atoms with Crippen molar-refractivity contribution in [2.45, 2.75) is 38.3 Å². The monoisotopic (exact) mass is 352 g/mol. The third kappa shape index (κ3) is 4.23. The SMILES string of the molecule is CC(F)(F)c1ncc(C(=O)NCc2cncnc2OC2CC2)cc1F. The molecule has 1 aliphatic rings. The first-order chi connectivity index (χ1) is 11.8. The van der Waals surface area contributed by atoms with Gasteiger partial charge in [-0.2, -0.15) is 8.78 Å². The lowest BCUT2D eigenvalue weighted by atomic mass is 10.2. The van der Waals surface area contributed by atoms with Crippen molar-refractivity contribution < 1.29 is 22.7 Å². The molecule has 0 spiro atoms. The average Bonchev–Trinajstić information content (AvgIpc) is 3.36. The second kappa shape index (κ2) is 6.66. The number of carbonyl (C=O) groups excluding carboxylic acids is 1. The molecule has 1 aliphatic carbocycles. The molecule has 1 N–H and O–H groups in total. The fourth-order valence-electron chi connectivity index (χ4n) is 2.08. The van der Waals surface area contributed by atoms with Gasteiger partial charge in [0.05, 0.1) is 11.1 Å². The van der Waals surface area contributed by atoms with E-state index in [9.17, 15) is 18.0 Å². The number of rotatable bonds is 6. The van der Waals surface area contributed by atoms with Crippen LogP contribution in [0.25, 0.3) is 0 Å². The van der Waals surface area contributed by atoms with Crippen molar-refractivity contribution >= 4 is 5.91 Å². The van der Waals surface area contributed by atoms with Crippen LogP contribution in [0, 0.1) is 5.82 Å². The summed E-state index contributed by atoms with van der Waals surface area (Å²) in [7, 11) is 0. The van der Waals surface area contributed by atoms with Gasteiger partial charge in [-0.15, -0.1) is 0 Å². The first-order valence-corrected chi connectivity index (χ1v) is 7.62. The summed E-state index contributed by atoms with van der Waals surface area (Å²) in [6.45, 7) is 0.587. The van der Waals surface area contributed by atoms with Crippen LogP contribution in [0.15, 0.2) is 24.8 Å². The highest BCUT2D eigenvalue weighted by atomic mass is 19.3. The summed E-state index contributed by atoms with van der Waals surface area (Å²) in [6, 6.07) is 0.734. The van der Waals surface area contributed by atoms with Crippen LogP contribution < -0.4 is 10.1 Å². The highest BCUT2D eigenvalue weighted by Gasteiger charge is 2.30. The molecule has 1 fully saturated rings. The molecule has 0 bridgehead atoms. The van der Waals surface area contributed by atoms with Gasteiger partial charge in [-0.1, -0.05) is 0 Å². The molecule has 2 aromatic rings. The number of nitrogens with one attached hydrogen (secondary N) is 1. The van der Waals surface area contributed by atoms with Crippen LogP contribution in [-0.2, 0) is 12.5 Å². The lowest BCUT2D eigenvalue weighted by Gasteiger charge is -2.12. The normalized spacial score (nSPS) is 14.2. The zero-order valence-electron chi connectivity index (χ0n) is 13.3. The molecule has 0 aromatic carbocycles. The summed E-state index contributed by atoms with van der Waals surface area (Å²) in [4.78, 5) is 23.3. The minimum Gasteiger partial charge on any atom is -0.474 e. The Balaban J connectivity index is 1.68. The molecule has 9 heteroatoms. The fraction of sp³-hybridized carbons (Fsp3) is 0.375. The number of hydrogen-bond acceptors (Lipinski definition) is 5. The number of carbonyl (C=O) groups is 1. The van der Waals surface area contributed by atoms with E-state index in [1.54, 1.807) is 0 Å². The molecule has 0 atom stereocenters. The predicted molar refractivity (Wildman–Crippen MR) is 80.6 cm³/mol. The van der Waals surface area contributed by atoms with E-state index in [2.05, 4.69) is 20.3 Å². The largest absolute Gasteiger partial charge is 0.474 e. The second-order valence-corrected chi connectivity index (χ2v) is 5.80. The Morgan fingerprint density at radius 1 is 1.36 bits per heavy atom. The van der Waals surface area contributed by atoms with E-state index >= 15 is 0 Å². The Bertz CT molecular complexity index is 791. The van der Waals surface area contributed by atoms with Gasteiger partial charge in [0, 0.05) is 25.9 Å². The second-order valence-electron chi connectivity index (χ2n) is 5.80. The van der Waals surface area contributed by atoms with E-state index in [1.165, 1.54) is 12.5 Å². The van der Waals surface area contributed by atoms with Gasteiger partial charge in [0.15, 0.2) is 5.82 Å². The van der Waals surface area contributed by atoms with Crippen molar-refractivity contribution in [1.29, 1.82) is 0 Å². The van der Waals surface area contributed by atoms with E-state index in [0.29, 0.717) is 18.4 Å². The zero-order valence-corrected chi connectivity index (χ0v) is 13.3. The van der Waals surface area contributed by atoms with Gasteiger partial charge in [0.2, 0.25) is 5.88 Å². The van der Waals surface area contributed by atoms with Crippen LogP contribution in [0.2, 0.25) is 0 Å². The molecule has 6 nitrogen and oxygen atoms in total. The van der Waals surface area contributed by atoms with Crippen molar-refractivity contribution in [3.8, 4) is 5.88 Å². The molecule has 0 radical (unpaired) electrons. The van der Waals surface area contributed by atoms with Gasteiger partial charge in [0.1, 0.15) is 18.1 Å². The van der Waals surface area contributed by atoms with E-state index in [-0.39, 0.29) is 18.2 Å². The highest BCUT2D eigenvalue weighted by molar-refractivity contribution is 5.93. The maximum absolute atomic E-state index is 13.7. The summed E-state index contributed by atoms with van der Waals surface area (Å²) in [5.41, 5.74) is -0.597. The Hall–Kier alpha value is -2.71. The standard InChI is InChI=1S/C16H15F3N4O2/c1-16(18,19)13-12(17)4-9(6-21-13)14(24)22-7-10-5-20-8-23-15(10)25-11-2-3-11/h4-6,8,11H,2-3,7H2,1H3,(H,22,24). The van der Waals surface area contributed by atoms with Crippen LogP contribution in [0.3, 0.4) is 0 Å². The van der Waals surface area contributed by atoms with Crippen molar-refractivity contribution in [2.75, 3.05) is 0 Å². The molecule has 132 valence electrons. The molecule has 0 saturated heterocycles. The quantitative estimate of drug-likeness (QED) is 0.865. The van der Waals surface area contributed by atoms with Gasteiger partial charge in [-0.3, -0.25) is 9.78 Å². The van der Waals surface area contributed by atoms with Crippen molar-refractivity contribution in [3.63, 3.8) is 0 Å². The van der Waals surface area contributed by atoms with Crippen molar-refractivity contribution in [1.82, 2.24) is 20.3 Å². The van der Waals surface area contributed by atoms with Crippen molar-refractivity contribution in [3.05, 3.63) is 47.4 Å². The average molecular weight is 352 g/mol. The lowest BCUT2D eigenvalue weighted by molar-refractivity contribution is 0.00868. The molecule has 1 saturated carbocycles. The molecule has 2 aromatic heterocycles. The van der Waals surface area contributed by atoms with Gasteiger partial charge < -0.3 is 10.1 Å². The third-order valence-corrected chi connectivity index (χ3v) is 3.51. The number of ether oxygens (including phenoxy) is 1. The molecular weight excluding hydrogens is 337 g/mol. The number of alkyl halides is 2. The van der Waals surface area contributed by atoms with Crippen LogP contribution >= 0.6 is 0 Å². The maximum Gasteiger partial charge on any atom is 0.289 e. The molecule has 0 unspecified atom stereocenters. The predicted octanol–water partition coefficient (Wildman–Crippen LogP) is 2.59. The van der Waals surface area contributed by atoms with E-state index < -0.39 is 23.3 Å². The summed E-state index contributed by atoms with van der Waals surface area (Å²) >= 11 is 0. The first-order valence-electron chi connectivity index (χ1n) is 7.62.